The third kappa shape index (κ3) is 5.60. The molecule has 3 amide bonds. The molecule has 1 aliphatic rings. The van der Waals surface area contributed by atoms with Gasteiger partial charge in [-0.2, -0.15) is 0 Å². The summed E-state index contributed by atoms with van der Waals surface area (Å²) in [6, 6.07) is 5.13. The van der Waals surface area contributed by atoms with Gasteiger partial charge >= 0.3 is 6.09 Å². The van der Waals surface area contributed by atoms with Crippen LogP contribution >= 0.6 is 0 Å². The largest absolute Gasteiger partial charge is 0.445 e. The summed E-state index contributed by atoms with van der Waals surface area (Å²) in [4.78, 5) is 41.1. The van der Waals surface area contributed by atoms with E-state index in [0.717, 1.165) is 0 Å². The topological polar surface area (TPSA) is 113 Å². The van der Waals surface area contributed by atoms with E-state index >= 15 is 0 Å². The van der Waals surface area contributed by atoms with Crippen molar-refractivity contribution in [3.63, 3.8) is 0 Å². The number of anilines is 1. The van der Waals surface area contributed by atoms with Gasteiger partial charge in [-0.1, -0.05) is 38.6 Å². The van der Waals surface area contributed by atoms with Crippen LogP contribution < -0.4 is 10.6 Å². The fraction of sp³-hybridized carbons (Fsp3) is 0.500. The summed E-state index contributed by atoms with van der Waals surface area (Å²) in [7, 11) is 0. The maximum absolute atomic E-state index is 13.6. The van der Waals surface area contributed by atoms with E-state index in [9.17, 15) is 19.5 Å². The molecule has 0 aromatic heterocycles. The highest BCUT2D eigenvalue weighted by Gasteiger charge is 2.41. The molecule has 8 heteroatoms. The van der Waals surface area contributed by atoms with Crippen molar-refractivity contribution >= 4 is 23.6 Å². The van der Waals surface area contributed by atoms with E-state index < -0.39 is 24.1 Å². The molecule has 1 aliphatic heterocycles. The van der Waals surface area contributed by atoms with Crippen molar-refractivity contribution in [2.24, 2.45) is 11.7 Å². The van der Waals surface area contributed by atoms with E-state index in [-0.39, 0.29) is 25.0 Å². The zero-order valence-corrected chi connectivity index (χ0v) is 17.6. The maximum atomic E-state index is 13.6. The van der Waals surface area contributed by atoms with Crippen LogP contribution in [0.25, 0.3) is 0 Å². The molecule has 2 atom stereocenters. The van der Waals surface area contributed by atoms with Crippen molar-refractivity contribution in [3.05, 3.63) is 42.5 Å². The molecule has 2 rings (SSSR count). The Hall–Kier alpha value is -2.87. The van der Waals surface area contributed by atoms with E-state index in [1.165, 1.54) is 15.9 Å². The van der Waals surface area contributed by atoms with Crippen molar-refractivity contribution in [2.75, 3.05) is 18.1 Å². The number of nitrogens with two attached hydrogens (primary N) is 1. The van der Waals surface area contributed by atoms with Crippen molar-refractivity contribution in [1.29, 1.82) is 0 Å². The van der Waals surface area contributed by atoms with Crippen LogP contribution in [0, 0.1) is 5.92 Å². The van der Waals surface area contributed by atoms with Crippen LogP contribution in [0.2, 0.25) is 0 Å². The maximum Gasteiger partial charge on any atom is 0.410 e. The molecule has 3 N–H and O–H groups in total. The third-order valence-corrected chi connectivity index (χ3v) is 5.07. The smallest absolute Gasteiger partial charge is 0.410 e. The Morgan fingerprint density at radius 1 is 1.33 bits per heavy atom. The van der Waals surface area contributed by atoms with Crippen LogP contribution in [0.5, 0.6) is 0 Å². The quantitative estimate of drug-likeness (QED) is 0.598. The minimum absolute atomic E-state index is 0.0554. The Morgan fingerprint density at radius 2 is 2.00 bits per heavy atom. The lowest BCUT2D eigenvalue weighted by Gasteiger charge is -2.35. The first-order valence-corrected chi connectivity index (χ1v) is 10.2. The number of rotatable bonds is 9. The summed E-state index contributed by atoms with van der Waals surface area (Å²) in [6.07, 6.45) is 2.39. The van der Waals surface area contributed by atoms with Gasteiger partial charge in [0.15, 0.2) is 0 Å². The minimum atomic E-state index is -0.857. The zero-order valence-electron chi connectivity index (χ0n) is 17.6. The molecular formula is C22H31N3O5. The van der Waals surface area contributed by atoms with Crippen LogP contribution in [-0.4, -0.2) is 53.1 Å². The molecule has 1 aromatic carbocycles. The average Bonchev–Trinajstić information content (AvgIpc) is 3.21. The second kappa shape index (κ2) is 10.8. The molecule has 0 radical (unpaired) electrons. The Kier molecular flexibility index (Phi) is 8.41. The highest BCUT2D eigenvalue weighted by Crippen LogP contribution is 2.28. The number of aliphatic hydroxyl groups excluding tert-OH is 1. The third-order valence-electron chi connectivity index (χ3n) is 5.07. The minimum Gasteiger partial charge on any atom is -0.445 e. The van der Waals surface area contributed by atoms with Gasteiger partial charge in [0.2, 0.25) is 5.91 Å². The number of carbonyl (C=O) groups excluding carboxylic acids is 3. The standard InChI is InChI=1S/C22H31N3O5/c1-4-12-30-22(29)24-11-5-6-18(24)21(28)25(19(20(23)27)13-15(2)3)17-9-7-16(14-26)8-10-17/h4,7-10,15,18-19,26H,1,5-6,11-14H2,2-3H3,(H2,23,27)/t18-,19-/m0/s1. The molecule has 0 saturated carbocycles. The number of carbonyl (C=O) groups is 3. The number of likely N-dealkylation sites (tertiary alicyclic amines) is 1. The average molecular weight is 418 g/mol. The Morgan fingerprint density at radius 3 is 2.53 bits per heavy atom. The van der Waals surface area contributed by atoms with Crippen molar-refractivity contribution in [1.82, 2.24) is 4.90 Å². The van der Waals surface area contributed by atoms with Gasteiger partial charge < -0.3 is 15.6 Å². The summed E-state index contributed by atoms with van der Waals surface area (Å²) >= 11 is 0. The summed E-state index contributed by atoms with van der Waals surface area (Å²) in [6.45, 7) is 7.74. The molecule has 0 unspecified atom stereocenters. The Bertz CT molecular complexity index is 763. The molecule has 1 heterocycles. The second-order valence-corrected chi connectivity index (χ2v) is 7.80. The van der Waals surface area contributed by atoms with Crippen molar-refractivity contribution < 1.29 is 24.2 Å². The van der Waals surface area contributed by atoms with Gasteiger partial charge in [-0.15, -0.1) is 0 Å². The molecule has 0 aliphatic carbocycles. The van der Waals surface area contributed by atoms with Crippen molar-refractivity contribution in [2.45, 2.75) is 51.8 Å². The highest BCUT2D eigenvalue weighted by molar-refractivity contribution is 6.04. The Balaban J connectivity index is 2.40. The van der Waals surface area contributed by atoms with E-state index in [4.69, 9.17) is 10.5 Å². The van der Waals surface area contributed by atoms with Crippen LogP contribution in [0.15, 0.2) is 36.9 Å². The number of primary amides is 1. The molecule has 1 aromatic rings. The number of hydrogen-bond acceptors (Lipinski definition) is 5. The highest BCUT2D eigenvalue weighted by atomic mass is 16.6. The summed E-state index contributed by atoms with van der Waals surface area (Å²) < 4.78 is 5.12. The molecule has 164 valence electrons. The number of amides is 3. The lowest BCUT2D eigenvalue weighted by Crippen LogP contribution is -2.55. The lowest BCUT2D eigenvalue weighted by atomic mass is 9.99. The monoisotopic (exact) mass is 417 g/mol. The second-order valence-electron chi connectivity index (χ2n) is 7.80. The molecule has 30 heavy (non-hydrogen) atoms. The van der Waals surface area contributed by atoms with Crippen molar-refractivity contribution in [3.8, 4) is 0 Å². The molecule has 1 fully saturated rings. The van der Waals surface area contributed by atoms with Gasteiger partial charge in [-0.05, 0) is 42.9 Å². The molecular weight excluding hydrogens is 386 g/mol. The number of benzene rings is 1. The molecule has 8 nitrogen and oxygen atoms in total. The van der Waals surface area contributed by atoms with E-state index in [1.54, 1.807) is 24.3 Å². The first-order valence-electron chi connectivity index (χ1n) is 10.2. The lowest BCUT2D eigenvalue weighted by molar-refractivity contribution is -0.127. The summed E-state index contributed by atoms with van der Waals surface area (Å²) in [5.74, 6) is -0.863. The predicted molar refractivity (Wildman–Crippen MR) is 114 cm³/mol. The van der Waals surface area contributed by atoms with Gasteiger partial charge in [0.1, 0.15) is 18.7 Å². The summed E-state index contributed by atoms with van der Waals surface area (Å²) in [5, 5.41) is 9.31. The van der Waals surface area contributed by atoms with Gasteiger partial charge in [0, 0.05) is 12.2 Å². The number of nitrogens with zero attached hydrogens (tertiary/aromatic N) is 2. The zero-order chi connectivity index (χ0) is 22.3. The van der Waals surface area contributed by atoms with Gasteiger partial charge in [0.25, 0.3) is 5.91 Å². The summed E-state index contributed by atoms with van der Waals surface area (Å²) in [5.41, 5.74) is 6.86. The number of ether oxygens (including phenoxy) is 1. The van der Waals surface area contributed by atoms with Crippen LogP contribution in [0.1, 0.15) is 38.7 Å². The predicted octanol–water partition coefficient (Wildman–Crippen LogP) is 2.20. The van der Waals surface area contributed by atoms with E-state index in [1.807, 2.05) is 13.8 Å². The van der Waals surface area contributed by atoms with Gasteiger partial charge in [-0.25, -0.2) is 4.79 Å². The molecule has 0 bridgehead atoms. The Labute approximate surface area is 177 Å². The fourth-order valence-corrected chi connectivity index (χ4v) is 3.63. The fourth-order valence-electron chi connectivity index (χ4n) is 3.63. The first-order chi connectivity index (χ1) is 14.3. The number of aliphatic hydroxyl groups is 1. The number of hydrogen-bond donors (Lipinski definition) is 2. The van der Waals surface area contributed by atoms with Crippen LogP contribution in [0.4, 0.5) is 10.5 Å². The normalized spacial score (nSPS) is 16.9. The SMILES string of the molecule is C=CCOC(=O)N1CCC[C@H]1C(=O)N(c1ccc(CO)cc1)[C@@H](CC(C)C)C(N)=O. The molecule has 0 spiro atoms. The van der Waals surface area contributed by atoms with E-state index in [2.05, 4.69) is 6.58 Å². The van der Waals surface area contributed by atoms with Crippen LogP contribution in [-0.2, 0) is 20.9 Å². The molecule has 1 saturated heterocycles. The first kappa shape index (κ1) is 23.4. The van der Waals surface area contributed by atoms with Gasteiger partial charge in [-0.3, -0.25) is 19.4 Å². The van der Waals surface area contributed by atoms with Gasteiger partial charge in [0.05, 0.1) is 6.61 Å². The van der Waals surface area contributed by atoms with Crippen LogP contribution in [0.3, 0.4) is 0 Å². The van der Waals surface area contributed by atoms with E-state index in [0.29, 0.717) is 37.1 Å².